The number of nitrogens with zero attached hydrogens (tertiary/aromatic N) is 3. The first-order valence-corrected chi connectivity index (χ1v) is 5.92. The maximum Gasteiger partial charge on any atom is 0.155 e. The zero-order valence-electron chi connectivity index (χ0n) is 9.89. The molecule has 0 radical (unpaired) electrons. The van der Waals surface area contributed by atoms with Crippen molar-refractivity contribution in [2.24, 2.45) is 0 Å². The Morgan fingerprint density at radius 1 is 1.18 bits per heavy atom. The Hall–Kier alpha value is -1.61. The lowest BCUT2D eigenvalue weighted by Crippen LogP contribution is -2.17. The van der Waals surface area contributed by atoms with Gasteiger partial charge in [0.25, 0.3) is 0 Å². The van der Waals surface area contributed by atoms with Gasteiger partial charge in [-0.2, -0.15) is 0 Å². The number of anilines is 2. The second kappa shape index (κ2) is 5.15. The third-order valence-corrected chi connectivity index (χ3v) is 2.73. The van der Waals surface area contributed by atoms with Crippen LogP contribution in [-0.4, -0.2) is 16.7 Å². The first kappa shape index (κ1) is 11.9. The topological polar surface area (TPSA) is 29.0 Å². The quantitative estimate of drug-likeness (QED) is 0.830. The van der Waals surface area contributed by atoms with Gasteiger partial charge in [0.05, 0.1) is 0 Å². The van der Waals surface area contributed by atoms with Gasteiger partial charge in [0, 0.05) is 12.2 Å². The molecule has 88 valence electrons. The molecule has 1 aromatic heterocycles. The summed E-state index contributed by atoms with van der Waals surface area (Å²) < 4.78 is 0. The highest BCUT2D eigenvalue weighted by molar-refractivity contribution is 6.29. The monoisotopic (exact) mass is 247 g/mol. The third-order valence-electron chi connectivity index (χ3n) is 2.52. The molecule has 0 saturated heterocycles. The van der Waals surface area contributed by atoms with Crippen molar-refractivity contribution in [1.29, 1.82) is 0 Å². The van der Waals surface area contributed by atoms with Crippen LogP contribution in [0.3, 0.4) is 0 Å². The maximum absolute atomic E-state index is 5.74. The first-order valence-electron chi connectivity index (χ1n) is 5.54. The highest BCUT2D eigenvalue weighted by atomic mass is 35.5. The van der Waals surface area contributed by atoms with Crippen molar-refractivity contribution in [3.8, 4) is 0 Å². The van der Waals surface area contributed by atoms with Crippen LogP contribution in [0, 0.1) is 6.92 Å². The molecule has 2 rings (SSSR count). The lowest BCUT2D eigenvalue weighted by molar-refractivity contribution is 0.931. The fraction of sp³-hybridized carbons (Fsp3) is 0.231. The molecule has 0 bridgehead atoms. The summed E-state index contributed by atoms with van der Waals surface area (Å²) in [6.45, 7) is 4.99. The van der Waals surface area contributed by atoms with Crippen molar-refractivity contribution in [2.75, 3.05) is 11.4 Å². The van der Waals surface area contributed by atoms with E-state index in [-0.39, 0.29) is 0 Å². The van der Waals surface area contributed by atoms with Gasteiger partial charge in [-0.15, -0.1) is 10.2 Å². The fourth-order valence-corrected chi connectivity index (χ4v) is 1.83. The van der Waals surface area contributed by atoms with Gasteiger partial charge in [0.15, 0.2) is 11.0 Å². The van der Waals surface area contributed by atoms with Crippen LogP contribution in [0.15, 0.2) is 36.4 Å². The lowest BCUT2D eigenvalue weighted by Gasteiger charge is -2.21. The molecule has 17 heavy (non-hydrogen) atoms. The summed E-state index contributed by atoms with van der Waals surface area (Å²) in [6.07, 6.45) is 0. The third kappa shape index (κ3) is 2.74. The van der Waals surface area contributed by atoms with Crippen molar-refractivity contribution < 1.29 is 0 Å². The van der Waals surface area contributed by atoms with Crippen molar-refractivity contribution >= 4 is 23.1 Å². The molecule has 0 aliphatic heterocycles. The summed E-state index contributed by atoms with van der Waals surface area (Å²) in [5.74, 6) is 0.808. The second-order valence-electron chi connectivity index (χ2n) is 3.80. The molecular formula is C13H14ClN3. The van der Waals surface area contributed by atoms with E-state index in [2.05, 4.69) is 47.1 Å². The van der Waals surface area contributed by atoms with E-state index in [1.165, 1.54) is 5.56 Å². The molecule has 0 spiro atoms. The molecule has 1 heterocycles. The Balaban J connectivity index is 2.36. The molecule has 0 N–H and O–H groups in total. The van der Waals surface area contributed by atoms with Crippen LogP contribution in [-0.2, 0) is 0 Å². The Morgan fingerprint density at radius 2 is 2.00 bits per heavy atom. The van der Waals surface area contributed by atoms with Crippen LogP contribution in [0.1, 0.15) is 12.5 Å². The van der Waals surface area contributed by atoms with E-state index in [0.717, 1.165) is 18.1 Å². The Labute approximate surface area is 106 Å². The van der Waals surface area contributed by atoms with Crippen molar-refractivity contribution in [3.05, 3.63) is 47.1 Å². The zero-order valence-corrected chi connectivity index (χ0v) is 10.6. The molecule has 4 heteroatoms. The average Bonchev–Trinajstić information content (AvgIpc) is 2.33. The normalized spacial score (nSPS) is 10.3. The van der Waals surface area contributed by atoms with Crippen LogP contribution >= 0.6 is 11.6 Å². The van der Waals surface area contributed by atoms with E-state index in [9.17, 15) is 0 Å². The molecule has 1 aromatic carbocycles. The van der Waals surface area contributed by atoms with Crippen LogP contribution < -0.4 is 4.90 Å². The van der Waals surface area contributed by atoms with Gasteiger partial charge in [-0.05, 0) is 43.7 Å². The van der Waals surface area contributed by atoms with Gasteiger partial charge < -0.3 is 4.90 Å². The molecule has 0 aliphatic rings. The van der Waals surface area contributed by atoms with Gasteiger partial charge >= 0.3 is 0 Å². The van der Waals surface area contributed by atoms with Gasteiger partial charge in [-0.3, -0.25) is 0 Å². The summed E-state index contributed by atoms with van der Waals surface area (Å²) in [5.41, 5.74) is 2.34. The smallest absolute Gasteiger partial charge is 0.155 e. The molecule has 0 fully saturated rings. The predicted molar refractivity (Wildman–Crippen MR) is 70.9 cm³/mol. The molecule has 2 aromatic rings. The Kier molecular flexibility index (Phi) is 3.59. The summed E-state index contributed by atoms with van der Waals surface area (Å²) in [7, 11) is 0. The number of aryl methyl sites for hydroxylation is 1. The SMILES string of the molecule is CCN(c1cccc(C)c1)c1ccc(Cl)nn1. The van der Waals surface area contributed by atoms with Gasteiger partial charge in [-0.25, -0.2) is 0 Å². The number of benzene rings is 1. The molecule has 3 nitrogen and oxygen atoms in total. The van der Waals surface area contributed by atoms with Gasteiger partial charge in [0.2, 0.25) is 0 Å². The van der Waals surface area contributed by atoms with Crippen LogP contribution in [0.2, 0.25) is 5.15 Å². The summed E-state index contributed by atoms with van der Waals surface area (Å²) >= 11 is 5.74. The van der Waals surface area contributed by atoms with Crippen molar-refractivity contribution in [1.82, 2.24) is 10.2 Å². The minimum Gasteiger partial charge on any atom is -0.325 e. The van der Waals surface area contributed by atoms with Gasteiger partial charge in [-0.1, -0.05) is 23.7 Å². The molecule has 0 saturated carbocycles. The van der Waals surface area contributed by atoms with Gasteiger partial charge in [0.1, 0.15) is 0 Å². The first-order chi connectivity index (χ1) is 8.20. The second-order valence-corrected chi connectivity index (χ2v) is 4.18. The molecule has 0 atom stereocenters. The fourth-order valence-electron chi connectivity index (χ4n) is 1.73. The molecule has 0 amide bonds. The minimum absolute atomic E-state index is 0.411. The standard InChI is InChI=1S/C13H14ClN3/c1-3-17(11-6-4-5-10(2)9-11)13-8-7-12(14)15-16-13/h4-9H,3H2,1-2H3. The van der Waals surface area contributed by atoms with E-state index in [4.69, 9.17) is 11.6 Å². The number of hydrogen-bond donors (Lipinski definition) is 0. The molecule has 0 aliphatic carbocycles. The summed E-state index contributed by atoms with van der Waals surface area (Å²) in [6, 6.07) is 11.9. The summed E-state index contributed by atoms with van der Waals surface area (Å²) in [4.78, 5) is 2.09. The van der Waals surface area contributed by atoms with E-state index >= 15 is 0 Å². The van der Waals surface area contributed by atoms with Crippen LogP contribution in [0.25, 0.3) is 0 Å². The maximum atomic E-state index is 5.74. The van der Waals surface area contributed by atoms with E-state index in [1.807, 2.05) is 12.1 Å². The van der Waals surface area contributed by atoms with E-state index in [0.29, 0.717) is 5.15 Å². The summed E-state index contributed by atoms with van der Waals surface area (Å²) in [5, 5.41) is 8.38. The molecular weight excluding hydrogens is 234 g/mol. The number of halogens is 1. The van der Waals surface area contributed by atoms with E-state index < -0.39 is 0 Å². The number of aromatic nitrogens is 2. The minimum atomic E-state index is 0.411. The number of rotatable bonds is 3. The predicted octanol–water partition coefficient (Wildman–Crippen LogP) is 3.60. The Bertz CT molecular complexity index is 496. The highest BCUT2D eigenvalue weighted by Crippen LogP contribution is 2.23. The number of hydrogen-bond acceptors (Lipinski definition) is 3. The van der Waals surface area contributed by atoms with E-state index in [1.54, 1.807) is 6.07 Å². The molecule has 0 unspecified atom stereocenters. The van der Waals surface area contributed by atoms with Crippen molar-refractivity contribution in [3.63, 3.8) is 0 Å². The van der Waals surface area contributed by atoms with Crippen LogP contribution in [0.5, 0.6) is 0 Å². The highest BCUT2D eigenvalue weighted by Gasteiger charge is 2.08. The lowest BCUT2D eigenvalue weighted by atomic mass is 10.2. The largest absolute Gasteiger partial charge is 0.325 e. The average molecular weight is 248 g/mol. The van der Waals surface area contributed by atoms with Crippen LogP contribution in [0.4, 0.5) is 11.5 Å². The zero-order chi connectivity index (χ0) is 12.3. The Morgan fingerprint density at radius 3 is 2.59 bits per heavy atom. The van der Waals surface area contributed by atoms with Crippen molar-refractivity contribution in [2.45, 2.75) is 13.8 Å².